The Kier molecular flexibility index (Phi) is 4.99. The molecule has 0 aliphatic heterocycles. The summed E-state index contributed by atoms with van der Waals surface area (Å²) < 4.78 is 18.9. The quantitative estimate of drug-likeness (QED) is 0.900. The number of benzene rings is 2. The van der Waals surface area contributed by atoms with Crippen molar-refractivity contribution in [2.75, 3.05) is 6.61 Å². The predicted octanol–water partition coefficient (Wildman–Crippen LogP) is 4.12. The first-order valence-electron chi connectivity index (χ1n) is 6.53. The zero-order valence-corrected chi connectivity index (χ0v) is 12.0. The maximum atomic E-state index is 13.4. The van der Waals surface area contributed by atoms with Crippen molar-refractivity contribution in [1.82, 2.24) is 0 Å². The van der Waals surface area contributed by atoms with E-state index in [2.05, 4.69) is 0 Å². The Labute approximate surface area is 123 Å². The zero-order chi connectivity index (χ0) is 14.5. The van der Waals surface area contributed by atoms with Gasteiger partial charge in [-0.2, -0.15) is 0 Å². The average molecular weight is 294 g/mol. The Morgan fingerprint density at radius 2 is 2.00 bits per heavy atom. The van der Waals surface area contributed by atoms with Gasteiger partial charge in [0.1, 0.15) is 11.6 Å². The lowest BCUT2D eigenvalue weighted by Gasteiger charge is -2.14. The Hall–Kier alpha value is -1.58. The van der Waals surface area contributed by atoms with Crippen molar-refractivity contribution in [2.45, 2.75) is 19.4 Å². The summed E-state index contributed by atoms with van der Waals surface area (Å²) in [5.74, 6) is 0.366. The molecule has 0 heterocycles. The molecule has 0 fully saturated rings. The second-order valence-electron chi connectivity index (χ2n) is 4.53. The lowest BCUT2D eigenvalue weighted by atomic mass is 9.99. The molecule has 0 aromatic heterocycles. The van der Waals surface area contributed by atoms with Crippen LogP contribution < -0.4 is 10.5 Å². The summed E-state index contributed by atoms with van der Waals surface area (Å²) in [7, 11) is 0. The van der Waals surface area contributed by atoms with Crippen LogP contribution >= 0.6 is 11.6 Å². The fourth-order valence-electron chi connectivity index (χ4n) is 2.06. The molecular formula is C16H17ClFNO. The molecule has 2 nitrogen and oxygen atoms in total. The third kappa shape index (κ3) is 3.50. The van der Waals surface area contributed by atoms with E-state index in [1.54, 1.807) is 12.1 Å². The highest BCUT2D eigenvalue weighted by atomic mass is 35.5. The molecule has 0 radical (unpaired) electrons. The first-order chi connectivity index (χ1) is 9.61. The molecule has 0 saturated heterocycles. The smallest absolute Gasteiger partial charge is 0.142 e. The molecule has 1 atom stereocenters. The van der Waals surface area contributed by atoms with Gasteiger partial charge >= 0.3 is 0 Å². The van der Waals surface area contributed by atoms with Crippen molar-refractivity contribution in [2.24, 2.45) is 5.73 Å². The van der Waals surface area contributed by atoms with Crippen LogP contribution in [0.25, 0.3) is 0 Å². The summed E-state index contributed by atoms with van der Waals surface area (Å²) in [6.45, 7) is 2.54. The Morgan fingerprint density at radius 1 is 1.25 bits per heavy atom. The third-order valence-corrected chi connectivity index (χ3v) is 3.49. The van der Waals surface area contributed by atoms with Crippen LogP contribution in [0.5, 0.6) is 5.75 Å². The molecule has 0 spiro atoms. The maximum Gasteiger partial charge on any atom is 0.142 e. The lowest BCUT2D eigenvalue weighted by Crippen LogP contribution is -2.14. The minimum absolute atomic E-state index is 0.143. The van der Waals surface area contributed by atoms with E-state index in [9.17, 15) is 4.39 Å². The number of hydrogen-bond acceptors (Lipinski definition) is 2. The van der Waals surface area contributed by atoms with Gasteiger partial charge in [0.15, 0.2) is 0 Å². The van der Waals surface area contributed by atoms with Crippen LogP contribution in [0.1, 0.15) is 24.1 Å². The third-order valence-electron chi connectivity index (χ3n) is 3.07. The molecule has 20 heavy (non-hydrogen) atoms. The van der Waals surface area contributed by atoms with E-state index in [4.69, 9.17) is 22.1 Å². The normalized spacial score (nSPS) is 12.2. The largest absolute Gasteiger partial charge is 0.494 e. The van der Waals surface area contributed by atoms with Crippen molar-refractivity contribution in [3.63, 3.8) is 0 Å². The second-order valence-corrected chi connectivity index (χ2v) is 4.91. The number of nitrogens with two attached hydrogens (primary N) is 1. The van der Waals surface area contributed by atoms with Gasteiger partial charge in [-0.05, 0) is 42.7 Å². The predicted molar refractivity (Wildman–Crippen MR) is 79.7 cm³/mol. The minimum Gasteiger partial charge on any atom is -0.494 e. The molecule has 0 amide bonds. The van der Waals surface area contributed by atoms with Crippen LogP contribution in [0.4, 0.5) is 4.39 Å². The van der Waals surface area contributed by atoms with Crippen molar-refractivity contribution in [3.05, 3.63) is 64.4 Å². The van der Waals surface area contributed by atoms with E-state index in [-0.39, 0.29) is 11.1 Å². The standard InChI is InChI=1S/C16H17ClFNO/c1-2-20-13-7-3-5-11(9-13)15(19)10-12-6-4-8-14(18)16(12)17/h3-9,15H,2,10,19H2,1H3. The molecule has 0 aliphatic rings. The SMILES string of the molecule is CCOc1cccc(C(N)Cc2cccc(F)c2Cl)c1. The fraction of sp³-hybridized carbons (Fsp3) is 0.250. The highest BCUT2D eigenvalue weighted by molar-refractivity contribution is 6.31. The average Bonchev–Trinajstić information content (AvgIpc) is 2.44. The lowest BCUT2D eigenvalue weighted by molar-refractivity contribution is 0.339. The van der Waals surface area contributed by atoms with Crippen molar-refractivity contribution >= 4 is 11.6 Å². The van der Waals surface area contributed by atoms with Crippen molar-refractivity contribution in [1.29, 1.82) is 0 Å². The van der Waals surface area contributed by atoms with E-state index < -0.39 is 5.82 Å². The van der Waals surface area contributed by atoms with E-state index in [0.717, 1.165) is 11.3 Å². The molecule has 0 saturated carbocycles. The van der Waals surface area contributed by atoms with Crippen LogP contribution in [-0.2, 0) is 6.42 Å². The van der Waals surface area contributed by atoms with Gasteiger partial charge in [-0.3, -0.25) is 0 Å². The first kappa shape index (κ1) is 14.8. The molecule has 0 aliphatic carbocycles. The van der Waals surface area contributed by atoms with Crippen LogP contribution in [0.15, 0.2) is 42.5 Å². The van der Waals surface area contributed by atoms with Crippen LogP contribution in [0.2, 0.25) is 5.02 Å². The van der Waals surface area contributed by atoms with E-state index >= 15 is 0 Å². The van der Waals surface area contributed by atoms with E-state index in [0.29, 0.717) is 18.6 Å². The summed E-state index contributed by atoms with van der Waals surface area (Å²) in [4.78, 5) is 0. The fourth-order valence-corrected chi connectivity index (χ4v) is 2.27. The highest BCUT2D eigenvalue weighted by Gasteiger charge is 2.12. The molecular weight excluding hydrogens is 277 g/mol. The summed E-state index contributed by atoms with van der Waals surface area (Å²) in [5, 5.41) is 0.143. The summed E-state index contributed by atoms with van der Waals surface area (Å²) in [6.07, 6.45) is 0.478. The topological polar surface area (TPSA) is 35.2 Å². The Morgan fingerprint density at radius 3 is 2.75 bits per heavy atom. The molecule has 2 rings (SSSR count). The molecule has 106 valence electrons. The monoisotopic (exact) mass is 293 g/mol. The van der Waals surface area contributed by atoms with Crippen molar-refractivity contribution < 1.29 is 9.13 Å². The molecule has 2 aromatic carbocycles. The maximum absolute atomic E-state index is 13.4. The van der Waals surface area contributed by atoms with Gasteiger partial charge in [-0.1, -0.05) is 35.9 Å². The molecule has 1 unspecified atom stereocenters. The van der Waals surface area contributed by atoms with Gasteiger partial charge in [-0.25, -0.2) is 4.39 Å². The van der Waals surface area contributed by atoms with Gasteiger partial charge in [0.05, 0.1) is 11.6 Å². The summed E-state index contributed by atoms with van der Waals surface area (Å²) >= 11 is 5.95. The van der Waals surface area contributed by atoms with Gasteiger partial charge in [-0.15, -0.1) is 0 Å². The Bertz CT molecular complexity index is 588. The van der Waals surface area contributed by atoms with E-state index in [1.165, 1.54) is 6.07 Å². The van der Waals surface area contributed by atoms with E-state index in [1.807, 2.05) is 31.2 Å². The summed E-state index contributed by atoms with van der Waals surface area (Å²) in [5.41, 5.74) is 7.82. The second kappa shape index (κ2) is 6.73. The molecule has 4 heteroatoms. The van der Waals surface area contributed by atoms with Gasteiger partial charge < -0.3 is 10.5 Å². The zero-order valence-electron chi connectivity index (χ0n) is 11.3. The molecule has 2 N–H and O–H groups in total. The first-order valence-corrected chi connectivity index (χ1v) is 6.91. The number of hydrogen-bond donors (Lipinski definition) is 1. The van der Waals surface area contributed by atoms with Gasteiger partial charge in [0, 0.05) is 6.04 Å². The van der Waals surface area contributed by atoms with Crippen LogP contribution in [0.3, 0.4) is 0 Å². The molecule has 0 bridgehead atoms. The highest BCUT2D eigenvalue weighted by Crippen LogP contribution is 2.26. The minimum atomic E-state index is -0.417. The van der Waals surface area contributed by atoms with Crippen LogP contribution in [-0.4, -0.2) is 6.61 Å². The number of halogens is 2. The molecule has 2 aromatic rings. The van der Waals surface area contributed by atoms with Gasteiger partial charge in [0.25, 0.3) is 0 Å². The Balaban J connectivity index is 2.17. The number of rotatable bonds is 5. The summed E-state index contributed by atoms with van der Waals surface area (Å²) in [6, 6.07) is 12.1. The van der Waals surface area contributed by atoms with Crippen molar-refractivity contribution in [3.8, 4) is 5.75 Å². The van der Waals surface area contributed by atoms with Gasteiger partial charge in [0.2, 0.25) is 0 Å². The van der Waals surface area contributed by atoms with Crippen LogP contribution in [0, 0.1) is 5.82 Å². The number of ether oxygens (including phenoxy) is 1.